The molecular formula is C20H21N3O3S. The first-order chi connectivity index (χ1) is 12.7. The van der Waals surface area contributed by atoms with Crippen LogP contribution in [-0.4, -0.2) is 21.1 Å². The van der Waals surface area contributed by atoms with Gasteiger partial charge in [0.1, 0.15) is 11.3 Å². The molecule has 0 bridgehead atoms. The number of nitrogens with zero attached hydrogens (tertiary/aromatic N) is 1. The van der Waals surface area contributed by atoms with Crippen molar-refractivity contribution in [2.75, 3.05) is 5.32 Å². The third kappa shape index (κ3) is 4.09. The highest BCUT2D eigenvalue weighted by Crippen LogP contribution is 2.34. The molecule has 0 aliphatic carbocycles. The van der Waals surface area contributed by atoms with E-state index in [2.05, 4.69) is 15.6 Å². The zero-order chi connectivity index (χ0) is 19.7. The van der Waals surface area contributed by atoms with Crippen molar-refractivity contribution < 1.29 is 14.3 Å². The highest BCUT2D eigenvalue weighted by molar-refractivity contribution is 7.80. The Labute approximate surface area is 162 Å². The highest BCUT2D eigenvalue weighted by Gasteiger charge is 2.15. The molecule has 0 aliphatic heterocycles. The van der Waals surface area contributed by atoms with Crippen LogP contribution in [0.15, 0.2) is 34.7 Å². The van der Waals surface area contributed by atoms with Crippen LogP contribution in [0, 0.1) is 19.8 Å². The van der Waals surface area contributed by atoms with E-state index in [0.29, 0.717) is 22.7 Å². The number of hydrogen-bond acceptors (Lipinski definition) is 5. The van der Waals surface area contributed by atoms with Gasteiger partial charge in [-0.05, 0) is 55.4 Å². The summed E-state index contributed by atoms with van der Waals surface area (Å²) in [6.07, 6.45) is 0. The van der Waals surface area contributed by atoms with Crippen molar-refractivity contribution in [2.24, 2.45) is 5.92 Å². The number of rotatable bonds is 3. The number of thiocarbonyl (C=S) groups is 1. The van der Waals surface area contributed by atoms with Gasteiger partial charge in [0.25, 0.3) is 0 Å². The molecule has 3 rings (SSSR count). The lowest BCUT2D eigenvalue weighted by Crippen LogP contribution is -2.36. The summed E-state index contributed by atoms with van der Waals surface area (Å²) in [4.78, 5) is 16.2. The number of benzene rings is 2. The number of aromatic hydroxyl groups is 1. The molecule has 3 N–H and O–H groups in total. The Morgan fingerprint density at radius 1 is 1.22 bits per heavy atom. The van der Waals surface area contributed by atoms with Crippen LogP contribution in [0.5, 0.6) is 5.75 Å². The van der Waals surface area contributed by atoms with Crippen LogP contribution in [0.2, 0.25) is 0 Å². The molecule has 2 aromatic carbocycles. The van der Waals surface area contributed by atoms with Gasteiger partial charge in [0.05, 0.1) is 5.56 Å². The number of amides is 1. The van der Waals surface area contributed by atoms with Crippen LogP contribution in [0.25, 0.3) is 22.6 Å². The maximum absolute atomic E-state index is 11.7. The number of oxazole rings is 1. The highest BCUT2D eigenvalue weighted by atomic mass is 32.1. The van der Waals surface area contributed by atoms with E-state index in [1.807, 2.05) is 26.0 Å². The van der Waals surface area contributed by atoms with Crippen LogP contribution < -0.4 is 10.6 Å². The number of carbonyl (C=O) groups excluding carboxylic acids is 1. The maximum Gasteiger partial charge on any atom is 0.231 e. The van der Waals surface area contributed by atoms with Gasteiger partial charge in [-0.2, -0.15) is 0 Å². The summed E-state index contributed by atoms with van der Waals surface area (Å²) in [5.74, 6) is -0.00498. The monoisotopic (exact) mass is 383 g/mol. The molecule has 140 valence electrons. The minimum Gasteiger partial charge on any atom is -0.507 e. The fourth-order valence-electron chi connectivity index (χ4n) is 2.70. The van der Waals surface area contributed by atoms with Crippen molar-refractivity contribution >= 4 is 40.0 Å². The quantitative estimate of drug-likeness (QED) is 0.585. The normalized spacial score (nSPS) is 11.0. The smallest absolute Gasteiger partial charge is 0.231 e. The van der Waals surface area contributed by atoms with Gasteiger partial charge in [-0.1, -0.05) is 19.9 Å². The van der Waals surface area contributed by atoms with E-state index >= 15 is 0 Å². The molecule has 0 fully saturated rings. The van der Waals surface area contributed by atoms with E-state index in [1.165, 1.54) is 6.07 Å². The molecule has 0 saturated heterocycles. The fourth-order valence-corrected chi connectivity index (χ4v) is 2.92. The van der Waals surface area contributed by atoms with Crippen LogP contribution >= 0.6 is 12.2 Å². The molecule has 0 saturated carbocycles. The SMILES string of the molecule is Cc1cc(C)c2oc(-c3ccc(NC(=S)NC(=O)C(C)C)cc3O)nc2c1. The van der Waals surface area contributed by atoms with Gasteiger partial charge in [-0.15, -0.1) is 0 Å². The van der Waals surface area contributed by atoms with Crippen LogP contribution in [-0.2, 0) is 4.79 Å². The molecule has 0 aliphatic rings. The van der Waals surface area contributed by atoms with E-state index in [9.17, 15) is 9.90 Å². The Bertz CT molecular complexity index is 1040. The van der Waals surface area contributed by atoms with Gasteiger partial charge in [0.15, 0.2) is 10.7 Å². The Morgan fingerprint density at radius 2 is 1.96 bits per heavy atom. The Hall–Kier alpha value is -2.93. The first-order valence-corrected chi connectivity index (χ1v) is 8.98. The molecule has 1 aromatic heterocycles. The summed E-state index contributed by atoms with van der Waals surface area (Å²) in [6, 6.07) is 8.90. The number of anilines is 1. The van der Waals surface area contributed by atoms with Gasteiger partial charge in [0.2, 0.25) is 11.8 Å². The molecule has 6 nitrogen and oxygen atoms in total. The summed E-state index contributed by atoms with van der Waals surface area (Å²) in [7, 11) is 0. The summed E-state index contributed by atoms with van der Waals surface area (Å²) in [6.45, 7) is 7.52. The minimum absolute atomic E-state index is 0.00100. The summed E-state index contributed by atoms with van der Waals surface area (Å²) in [5.41, 5.74) is 4.57. The average Bonchev–Trinajstić information content (AvgIpc) is 2.98. The van der Waals surface area contributed by atoms with E-state index < -0.39 is 0 Å². The number of aryl methyl sites for hydroxylation is 2. The number of phenolic OH excluding ortho intramolecular Hbond substituents is 1. The van der Waals surface area contributed by atoms with E-state index in [4.69, 9.17) is 16.6 Å². The molecule has 1 heterocycles. The Balaban J connectivity index is 1.84. The lowest BCUT2D eigenvalue weighted by molar-refractivity contribution is -0.122. The Kier molecular flexibility index (Phi) is 5.14. The van der Waals surface area contributed by atoms with Crippen LogP contribution in [0.1, 0.15) is 25.0 Å². The van der Waals surface area contributed by atoms with Crippen LogP contribution in [0.4, 0.5) is 5.69 Å². The topological polar surface area (TPSA) is 87.4 Å². The predicted octanol–water partition coefficient (Wildman–Crippen LogP) is 4.29. The molecule has 7 heteroatoms. The molecule has 0 spiro atoms. The molecule has 1 amide bonds. The zero-order valence-corrected chi connectivity index (χ0v) is 16.4. The first-order valence-electron chi connectivity index (χ1n) is 8.57. The molecule has 0 radical (unpaired) electrons. The number of phenols is 1. The minimum atomic E-state index is -0.175. The molecule has 3 aromatic rings. The van der Waals surface area contributed by atoms with Gasteiger partial charge in [-0.25, -0.2) is 4.98 Å². The van der Waals surface area contributed by atoms with Gasteiger partial charge < -0.3 is 20.2 Å². The number of hydrogen-bond donors (Lipinski definition) is 3. The number of aromatic nitrogens is 1. The largest absolute Gasteiger partial charge is 0.507 e. The van der Waals surface area contributed by atoms with Crippen molar-refractivity contribution in [3.63, 3.8) is 0 Å². The van der Waals surface area contributed by atoms with E-state index in [-0.39, 0.29) is 22.7 Å². The summed E-state index contributed by atoms with van der Waals surface area (Å²) < 4.78 is 5.85. The van der Waals surface area contributed by atoms with E-state index in [1.54, 1.807) is 26.0 Å². The third-order valence-electron chi connectivity index (χ3n) is 4.07. The van der Waals surface area contributed by atoms with Crippen molar-refractivity contribution in [3.8, 4) is 17.2 Å². The second kappa shape index (κ2) is 7.36. The van der Waals surface area contributed by atoms with Crippen molar-refractivity contribution in [1.82, 2.24) is 10.3 Å². The molecule has 27 heavy (non-hydrogen) atoms. The molecule has 0 atom stereocenters. The average molecular weight is 383 g/mol. The Morgan fingerprint density at radius 3 is 2.63 bits per heavy atom. The first kappa shape index (κ1) is 18.8. The van der Waals surface area contributed by atoms with Crippen molar-refractivity contribution in [2.45, 2.75) is 27.7 Å². The second-order valence-corrected chi connectivity index (χ2v) is 7.19. The van der Waals surface area contributed by atoms with Crippen molar-refractivity contribution in [1.29, 1.82) is 0 Å². The third-order valence-corrected chi connectivity index (χ3v) is 4.27. The number of nitrogens with one attached hydrogen (secondary N) is 2. The predicted molar refractivity (Wildman–Crippen MR) is 110 cm³/mol. The lowest BCUT2D eigenvalue weighted by atomic mass is 10.1. The second-order valence-electron chi connectivity index (χ2n) is 6.78. The fraction of sp³-hybridized carbons (Fsp3) is 0.250. The maximum atomic E-state index is 11.7. The van der Waals surface area contributed by atoms with Gasteiger partial charge in [-0.3, -0.25) is 4.79 Å². The molecular weight excluding hydrogens is 362 g/mol. The summed E-state index contributed by atoms with van der Waals surface area (Å²) in [5, 5.41) is 16.1. The number of fused-ring (bicyclic) bond motifs is 1. The number of carbonyl (C=O) groups is 1. The zero-order valence-electron chi connectivity index (χ0n) is 15.6. The van der Waals surface area contributed by atoms with Crippen molar-refractivity contribution in [3.05, 3.63) is 41.5 Å². The van der Waals surface area contributed by atoms with Gasteiger partial charge >= 0.3 is 0 Å². The standard InChI is InChI=1S/C20H21N3O3S/c1-10(2)18(25)23-20(27)21-13-5-6-14(16(24)9-13)19-22-15-8-11(3)7-12(4)17(15)26-19/h5-10,24H,1-4H3,(H2,21,23,25,27). The lowest BCUT2D eigenvalue weighted by Gasteiger charge is -2.12. The molecule has 0 unspecified atom stereocenters. The van der Waals surface area contributed by atoms with Gasteiger partial charge in [0, 0.05) is 17.7 Å². The van der Waals surface area contributed by atoms with E-state index in [0.717, 1.165) is 16.6 Å². The summed E-state index contributed by atoms with van der Waals surface area (Å²) >= 11 is 5.12. The van der Waals surface area contributed by atoms with Crippen LogP contribution in [0.3, 0.4) is 0 Å².